The van der Waals surface area contributed by atoms with Crippen molar-refractivity contribution >= 4 is 23.2 Å². The van der Waals surface area contributed by atoms with Gasteiger partial charge in [0.1, 0.15) is 5.82 Å². The third-order valence-corrected chi connectivity index (χ3v) is 4.31. The Morgan fingerprint density at radius 2 is 2.00 bits per heavy atom. The molecule has 0 aliphatic rings. The maximum absolute atomic E-state index is 5.96. The van der Waals surface area contributed by atoms with Gasteiger partial charge in [-0.1, -0.05) is 29.8 Å². The molecule has 2 aromatic heterocycles. The summed E-state index contributed by atoms with van der Waals surface area (Å²) in [5.41, 5.74) is 2.01. The Morgan fingerprint density at radius 1 is 1.19 bits per heavy atom. The molecule has 26 heavy (non-hydrogen) atoms. The number of halogens is 1. The molecule has 6 nitrogen and oxygen atoms in total. The zero-order valence-electron chi connectivity index (χ0n) is 15.0. The van der Waals surface area contributed by atoms with Crippen molar-refractivity contribution in [3.8, 4) is 0 Å². The molecule has 3 rings (SSSR count). The smallest absolute Gasteiger partial charge is 0.191 e. The van der Waals surface area contributed by atoms with Gasteiger partial charge in [-0.05, 0) is 43.7 Å². The molecule has 0 aliphatic heterocycles. The zero-order valence-corrected chi connectivity index (χ0v) is 15.7. The number of aliphatic imine (C=N–C) groups is 1. The summed E-state index contributed by atoms with van der Waals surface area (Å²) in [5.74, 6) is 1.69. The van der Waals surface area contributed by atoms with E-state index in [0.717, 1.165) is 41.0 Å². The topological polar surface area (TPSA) is 66.6 Å². The minimum Gasteiger partial charge on any atom is -0.357 e. The normalized spacial score (nSPS) is 13.0. The number of benzene rings is 1. The maximum atomic E-state index is 5.96. The number of hydrogen-bond acceptors (Lipinski definition) is 3. The van der Waals surface area contributed by atoms with Gasteiger partial charge in [-0.25, -0.2) is 0 Å². The summed E-state index contributed by atoms with van der Waals surface area (Å²) >= 11 is 5.96. The minimum atomic E-state index is 0.124. The summed E-state index contributed by atoms with van der Waals surface area (Å²) in [7, 11) is 0. The van der Waals surface area contributed by atoms with Gasteiger partial charge in [0, 0.05) is 30.7 Å². The highest BCUT2D eigenvalue weighted by Gasteiger charge is 2.08. The van der Waals surface area contributed by atoms with Crippen LogP contribution < -0.4 is 10.6 Å². The average molecular weight is 371 g/mol. The first-order chi connectivity index (χ1) is 12.7. The van der Waals surface area contributed by atoms with Gasteiger partial charge in [-0.3, -0.25) is 9.39 Å². The predicted octanol–water partition coefficient (Wildman–Crippen LogP) is 3.24. The molecule has 0 saturated heterocycles. The number of pyridine rings is 1. The molecule has 0 bridgehead atoms. The first-order valence-electron chi connectivity index (χ1n) is 8.76. The van der Waals surface area contributed by atoms with Gasteiger partial charge in [0.15, 0.2) is 11.6 Å². The van der Waals surface area contributed by atoms with Crippen LogP contribution in [0, 0.1) is 0 Å². The van der Waals surface area contributed by atoms with Crippen molar-refractivity contribution < 1.29 is 0 Å². The highest BCUT2D eigenvalue weighted by Crippen LogP contribution is 2.15. The summed E-state index contributed by atoms with van der Waals surface area (Å²) < 4.78 is 1.99. The second-order valence-corrected chi connectivity index (χ2v) is 6.41. The molecule has 1 atom stereocenters. The van der Waals surface area contributed by atoms with Crippen molar-refractivity contribution in [2.75, 3.05) is 13.1 Å². The van der Waals surface area contributed by atoms with Gasteiger partial charge in [0.05, 0.1) is 6.04 Å². The third-order valence-electron chi connectivity index (χ3n) is 4.06. The van der Waals surface area contributed by atoms with E-state index < -0.39 is 0 Å². The SMILES string of the molecule is CCNC(=NCCc1nnc2ccccn12)NC(C)c1ccc(Cl)cc1. The number of guanidine groups is 1. The molecule has 0 aliphatic carbocycles. The van der Waals surface area contributed by atoms with Crippen molar-refractivity contribution in [1.82, 2.24) is 25.2 Å². The number of nitrogens with one attached hydrogen (secondary N) is 2. The Kier molecular flexibility index (Phi) is 6.07. The molecule has 0 amide bonds. The fourth-order valence-corrected chi connectivity index (χ4v) is 2.81. The summed E-state index contributed by atoms with van der Waals surface area (Å²) in [6.07, 6.45) is 2.69. The Bertz CT molecular complexity index is 871. The van der Waals surface area contributed by atoms with E-state index in [1.54, 1.807) is 0 Å². The fraction of sp³-hybridized carbons (Fsp3) is 0.316. The number of hydrogen-bond donors (Lipinski definition) is 2. The molecule has 1 aromatic carbocycles. The molecule has 0 saturated carbocycles. The number of nitrogens with zero attached hydrogens (tertiary/aromatic N) is 4. The second-order valence-electron chi connectivity index (χ2n) is 5.97. The molecule has 2 N–H and O–H groups in total. The van der Waals surface area contributed by atoms with Crippen LogP contribution in [0.4, 0.5) is 0 Å². The highest BCUT2D eigenvalue weighted by molar-refractivity contribution is 6.30. The molecule has 0 radical (unpaired) electrons. The summed E-state index contributed by atoms with van der Waals surface area (Å²) in [4.78, 5) is 4.67. The molecule has 0 spiro atoms. The third kappa shape index (κ3) is 4.52. The lowest BCUT2D eigenvalue weighted by Gasteiger charge is -2.18. The van der Waals surface area contributed by atoms with Gasteiger partial charge < -0.3 is 10.6 Å². The Labute approximate surface area is 158 Å². The summed E-state index contributed by atoms with van der Waals surface area (Å²) in [5, 5.41) is 15.9. The summed E-state index contributed by atoms with van der Waals surface area (Å²) in [6, 6.07) is 13.8. The first-order valence-corrected chi connectivity index (χ1v) is 9.14. The predicted molar refractivity (Wildman–Crippen MR) is 106 cm³/mol. The van der Waals surface area contributed by atoms with Gasteiger partial charge in [-0.15, -0.1) is 10.2 Å². The van der Waals surface area contributed by atoms with Crippen molar-refractivity contribution in [1.29, 1.82) is 0 Å². The van der Waals surface area contributed by atoms with Crippen LogP contribution >= 0.6 is 11.6 Å². The van der Waals surface area contributed by atoms with Crippen molar-refractivity contribution in [2.45, 2.75) is 26.3 Å². The fourth-order valence-electron chi connectivity index (χ4n) is 2.69. The molecule has 3 aromatic rings. The van der Waals surface area contributed by atoms with Crippen LogP contribution in [0.3, 0.4) is 0 Å². The van der Waals surface area contributed by atoms with Gasteiger partial charge in [0.25, 0.3) is 0 Å². The van der Waals surface area contributed by atoms with Gasteiger partial charge in [-0.2, -0.15) is 0 Å². The zero-order chi connectivity index (χ0) is 18.4. The van der Waals surface area contributed by atoms with E-state index in [4.69, 9.17) is 11.6 Å². The largest absolute Gasteiger partial charge is 0.357 e. The van der Waals surface area contributed by atoms with Crippen LogP contribution in [-0.4, -0.2) is 33.6 Å². The van der Waals surface area contributed by atoms with Crippen molar-refractivity contribution in [2.24, 2.45) is 4.99 Å². The Morgan fingerprint density at radius 3 is 2.77 bits per heavy atom. The van der Waals surface area contributed by atoms with Crippen LogP contribution in [0.25, 0.3) is 5.65 Å². The van der Waals surface area contributed by atoms with E-state index in [1.165, 1.54) is 0 Å². The van der Waals surface area contributed by atoms with Crippen LogP contribution in [0.5, 0.6) is 0 Å². The Balaban J connectivity index is 1.64. The van der Waals surface area contributed by atoms with Crippen molar-refractivity contribution in [3.05, 3.63) is 65.1 Å². The molecule has 136 valence electrons. The highest BCUT2D eigenvalue weighted by atomic mass is 35.5. The molecular formula is C19H23ClN6. The van der Waals surface area contributed by atoms with Crippen molar-refractivity contribution in [3.63, 3.8) is 0 Å². The lowest BCUT2D eigenvalue weighted by atomic mass is 10.1. The Hall–Kier alpha value is -2.60. The van der Waals surface area contributed by atoms with E-state index in [0.29, 0.717) is 6.54 Å². The van der Waals surface area contributed by atoms with Gasteiger partial charge >= 0.3 is 0 Å². The molecule has 0 fully saturated rings. The van der Waals surface area contributed by atoms with E-state index in [-0.39, 0.29) is 6.04 Å². The van der Waals surface area contributed by atoms with Crippen LogP contribution in [-0.2, 0) is 6.42 Å². The lowest BCUT2D eigenvalue weighted by Crippen LogP contribution is -2.38. The molecule has 1 unspecified atom stereocenters. The minimum absolute atomic E-state index is 0.124. The van der Waals surface area contributed by atoms with E-state index >= 15 is 0 Å². The lowest BCUT2D eigenvalue weighted by molar-refractivity contribution is 0.685. The number of aromatic nitrogens is 3. The monoisotopic (exact) mass is 370 g/mol. The molecule has 2 heterocycles. The average Bonchev–Trinajstić information content (AvgIpc) is 3.06. The maximum Gasteiger partial charge on any atom is 0.191 e. The van der Waals surface area contributed by atoms with E-state index in [9.17, 15) is 0 Å². The number of rotatable bonds is 6. The number of fused-ring (bicyclic) bond motifs is 1. The molecule has 7 heteroatoms. The van der Waals surface area contributed by atoms with Crippen LogP contribution in [0.2, 0.25) is 5.02 Å². The van der Waals surface area contributed by atoms with Crippen LogP contribution in [0.15, 0.2) is 53.7 Å². The van der Waals surface area contributed by atoms with Crippen LogP contribution in [0.1, 0.15) is 31.3 Å². The second kappa shape index (κ2) is 8.67. The van der Waals surface area contributed by atoms with E-state index in [1.807, 2.05) is 53.1 Å². The first kappa shape index (κ1) is 18.2. The quantitative estimate of drug-likeness (QED) is 0.516. The standard InChI is InChI=1S/C19H23ClN6/c1-3-21-19(23-14(2)15-7-9-16(20)10-8-15)22-12-11-18-25-24-17-6-4-5-13-26(17)18/h4-10,13-14H,3,11-12H2,1-2H3,(H2,21,22,23). The van der Waals surface area contributed by atoms with Gasteiger partial charge in [0.2, 0.25) is 0 Å². The van der Waals surface area contributed by atoms with E-state index in [2.05, 4.69) is 39.7 Å². The summed E-state index contributed by atoms with van der Waals surface area (Å²) in [6.45, 7) is 5.57. The molecular weight excluding hydrogens is 348 g/mol.